The maximum Gasteiger partial charge on any atom is 0.0948 e. The molecule has 1 aromatic heterocycles. The van der Waals surface area contributed by atoms with Crippen molar-refractivity contribution in [3.05, 3.63) is 18.2 Å². The molecule has 1 fully saturated rings. The fraction of sp³-hybridized carbons (Fsp3) is 0.727. The highest BCUT2D eigenvalue weighted by Crippen LogP contribution is 2.13. The fourth-order valence-electron chi connectivity index (χ4n) is 2.02. The molecular weight excluding hydrogens is 190 g/mol. The molecule has 0 spiro atoms. The van der Waals surface area contributed by atoms with Crippen LogP contribution < -0.4 is 5.32 Å². The number of rotatable bonds is 4. The van der Waals surface area contributed by atoms with Crippen molar-refractivity contribution >= 4 is 0 Å². The summed E-state index contributed by atoms with van der Waals surface area (Å²) >= 11 is 0. The molecule has 0 amide bonds. The van der Waals surface area contributed by atoms with Gasteiger partial charge in [-0.3, -0.25) is 0 Å². The second kappa shape index (κ2) is 4.77. The molecule has 4 nitrogen and oxygen atoms in total. The van der Waals surface area contributed by atoms with Gasteiger partial charge < -0.3 is 14.6 Å². The fourth-order valence-corrected chi connectivity index (χ4v) is 2.02. The number of hydrogen-bond acceptors (Lipinski definition) is 3. The van der Waals surface area contributed by atoms with Crippen LogP contribution in [0.1, 0.15) is 26.0 Å². The Hall–Kier alpha value is -0.870. The largest absolute Gasteiger partial charge is 0.377 e. The molecule has 84 valence electrons. The maximum atomic E-state index is 5.51. The summed E-state index contributed by atoms with van der Waals surface area (Å²) in [6.45, 7) is 7.00. The van der Waals surface area contributed by atoms with E-state index in [2.05, 4.69) is 28.7 Å². The van der Waals surface area contributed by atoms with Crippen molar-refractivity contribution < 1.29 is 4.74 Å². The summed E-state index contributed by atoms with van der Waals surface area (Å²) in [5.41, 5.74) is 1.25. The second-order valence-corrected chi connectivity index (χ2v) is 4.02. The molecule has 1 saturated heterocycles. The summed E-state index contributed by atoms with van der Waals surface area (Å²) in [6, 6.07) is 0.491. The van der Waals surface area contributed by atoms with Gasteiger partial charge in [-0.1, -0.05) is 0 Å². The Bertz CT molecular complexity index is 311. The van der Waals surface area contributed by atoms with Crippen LogP contribution in [0.25, 0.3) is 0 Å². The third-order valence-corrected chi connectivity index (χ3v) is 3.06. The summed E-state index contributed by atoms with van der Waals surface area (Å²) in [4.78, 5) is 4.15. The van der Waals surface area contributed by atoms with E-state index < -0.39 is 0 Å². The quantitative estimate of drug-likeness (QED) is 0.809. The molecule has 0 aromatic carbocycles. The van der Waals surface area contributed by atoms with E-state index in [4.69, 9.17) is 4.74 Å². The number of imidazole rings is 1. The molecular formula is C11H19N3O. The minimum absolute atomic E-state index is 0.336. The van der Waals surface area contributed by atoms with Gasteiger partial charge in [0, 0.05) is 31.9 Å². The molecule has 1 aliphatic heterocycles. The van der Waals surface area contributed by atoms with E-state index in [9.17, 15) is 0 Å². The van der Waals surface area contributed by atoms with Crippen LogP contribution in [0.2, 0.25) is 0 Å². The van der Waals surface area contributed by atoms with Crippen LogP contribution in [0.4, 0.5) is 0 Å². The highest BCUT2D eigenvalue weighted by atomic mass is 16.5. The van der Waals surface area contributed by atoms with Gasteiger partial charge in [0.05, 0.1) is 18.1 Å². The molecule has 0 saturated carbocycles. The van der Waals surface area contributed by atoms with Gasteiger partial charge in [0.1, 0.15) is 0 Å². The van der Waals surface area contributed by atoms with Crippen LogP contribution in [0.15, 0.2) is 12.5 Å². The number of aryl methyl sites for hydroxylation is 1. The zero-order valence-corrected chi connectivity index (χ0v) is 9.44. The second-order valence-electron chi connectivity index (χ2n) is 4.02. The first-order chi connectivity index (χ1) is 7.31. The maximum absolute atomic E-state index is 5.51. The average Bonchev–Trinajstić information content (AvgIpc) is 2.83. The highest BCUT2D eigenvalue weighted by molar-refractivity contribution is 4.98. The first-order valence-electron chi connectivity index (χ1n) is 5.65. The van der Waals surface area contributed by atoms with Gasteiger partial charge in [-0.2, -0.15) is 0 Å². The van der Waals surface area contributed by atoms with Crippen molar-refractivity contribution in [1.29, 1.82) is 0 Å². The van der Waals surface area contributed by atoms with Crippen LogP contribution in [0.3, 0.4) is 0 Å². The zero-order chi connectivity index (χ0) is 10.7. The Kier molecular flexibility index (Phi) is 3.38. The lowest BCUT2D eigenvalue weighted by molar-refractivity contribution is 0.113. The molecule has 2 heterocycles. The molecule has 1 aliphatic rings. The first kappa shape index (κ1) is 10.6. The number of nitrogens with zero attached hydrogens (tertiary/aromatic N) is 2. The topological polar surface area (TPSA) is 39.1 Å². The predicted octanol–water partition coefficient (Wildman–Crippen LogP) is 1.17. The third kappa shape index (κ3) is 2.38. The summed E-state index contributed by atoms with van der Waals surface area (Å²) in [5.74, 6) is 0. The molecule has 2 rings (SSSR count). The molecule has 1 N–H and O–H groups in total. The Morgan fingerprint density at radius 3 is 3.20 bits per heavy atom. The minimum atomic E-state index is 0.336. The van der Waals surface area contributed by atoms with E-state index in [0.29, 0.717) is 12.1 Å². The average molecular weight is 209 g/mol. The number of nitrogens with one attached hydrogen (secondary N) is 1. The smallest absolute Gasteiger partial charge is 0.0948 e. The lowest BCUT2D eigenvalue weighted by atomic mass is 10.1. The molecule has 0 aliphatic carbocycles. The van der Waals surface area contributed by atoms with Gasteiger partial charge in [-0.25, -0.2) is 4.98 Å². The van der Waals surface area contributed by atoms with Gasteiger partial charge in [-0.05, 0) is 20.3 Å². The number of hydrogen-bond donors (Lipinski definition) is 1. The molecule has 2 atom stereocenters. The lowest BCUT2D eigenvalue weighted by Gasteiger charge is -2.16. The van der Waals surface area contributed by atoms with Gasteiger partial charge in [0.2, 0.25) is 0 Å². The minimum Gasteiger partial charge on any atom is -0.377 e. The van der Waals surface area contributed by atoms with Crippen molar-refractivity contribution in [2.75, 3.05) is 6.61 Å². The van der Waals surface area contributed by atoms with Crippen molar-refractivity contribution in [1.82, 2.24) is 14.9 Å². The van der Waals surface area contributed by atoms with Crippen LogP contribution in [0, 0.1) is 0 Å². The van der Waals surface area contributed by atoms with Crippen LogP contribution in [-0.4, -0.2) is 28.3 Å². The summed E-state index contributed by atoms with van der Waals surface area (Å²) in [6.07, 6.45) is 5.26. The SMILES string of the molecule is CCn1cncc1CNC1CCOC1C. The van der Waals surface area contributed by atoms with E-state index in [-0.39, 0.29) is 0 Å². The first-order valence-corrected chi connectivity index (χ1v) is 5.65. The Labute approximate surface area is 90.6 Å². The molecule has 0 radical (unpaired) electrons. The van der Waals surface area contributed by atoms with Crippen molar-refractivity contribution in [2.45, 2.75) is 45.5 Å². The van der Waals surface area contributed by atoms with Crippen LogP contribution in [0.5, 0.6) is 0 Å². The van der Waals surface area contributed by atoms with E-state index in [1.54, 1.807) is 0 Å². The van der Waals surface area contributed by atoms with Crippen LogP contribution >= 0.6 is 0 Å². The lowest BCUT2D eigenvalue weighted by Crippen LogP contribution is -2.34. The molecule has 1 aromatic rings. The van der Waals surface area contributed by atoms with Gasteiger partial charge in [0.25, 0.3) is 0 Å². The Morgan fingerprint density at radius 1 is 1.67 bits per heavy atom. The zero-order valence-electron chi connectivity index (χ0n) is 9.44. The summed E-state index contributed by atoms with van der Waals surface area (Å²) < 4.78 is 7.67. The van der Waals surface area contributed by atoms with Crippen molar-refractivity contribution in [2.24, 2.45) is 0 Å². The summed E-state index contributed by atoms with van der Waals surface area (Å²) in [5, 5.41) is 3.52. The van der Waals surface area contributed by atoms with E-state index >= 15 is 0 Å². The number of aromatic nitrogens is 2. The molecule has 15 heavy (non-hydrogen) atoms. The van der Waals surface area contributed by atoms with Gasteiger partial charge in [-0.15, -0.1) is 0 Å². The highest BCUT2D eigenvalue weighted by Gasteiger charge is 2.23. The summed E-state index contributed by atoms with van der Waals surface area (Å²) in [7, 11) is 0. The molecule has 0 bridgehead atoms. The predicted molar refractivity (Wildman–Crippen MR) is 58.6 cm³/mol. The van der Waals surface area contributed by atoms with Gasteiger partial charge in [0.15, 0.2) is 0 Å². The van der Waals surface area contributed by atoms with E-state index in [0.717, 1.165) is 26.1 Å². The van der Waals surface area contributed by atoms with Crippen LogP contribution in [-0.2, 0) is 17.8 Å². The number of ether oxygens (including phenoxy) is 1. The molecule has 4 heteroatoms. The molecule has 2 unspecified atom stereocenters. The standard InChI is InChI=1S/C11H19N3O/c1-3-14-8-12-6-10(14)7-13-11-4-5-15-9(11)2/h6,8-9,11,13H,3-5,7H2,1-2H3. The Morgan fingerprint density at radius 2 is 2.53 bits per heavy atom. The van der Waals surface area contributed by atoms with Crippen molar-refractivity contribution in [3.63, 3.8) is 0 Å². The van der Waals surface area contributed by atoms with Gasteiger partial charge >= 0.3 is 0 Å². The Balaban J connectivity index is 1.87. The van der Waals surface area contributed by atoms with E-state index in [1.807, 2.05) is 12.5 Å². The normalized spacial score (nSPS) is 26.0. The third-order valence-electron chi connectivity index (χ3n) is 3.06. The van der Waals surface area contributed by atoms with Crippen molar-refractivity contribution in [3.8, 4) is 0 Å². The monoisotopic (exact) mass is 209 g/mol. The van der Waals surface area contributed by atoms with E-state index in [1.165, 1.54) is 5.69 Å².